The zero-order chi connectivity index (χ0) is 14.8. The normalized spacial score (nSPS) is 26.8. The second kappa shape index (κ2) is 6.07. The lowest BCUT2D eigenvalue weighted by molar-refractivity contribution is -0.0488. The molecule has 1 amide bonds. The van der Waals surface area contributed by atoms with Gasteiger partial charge in [0, 0.05) is 38.1 Å². The fourth-order valence-corrected chi connectivity index (χ4v) is 3.37. The van der Waals surface area contributed by atoms with Gasteiger partial charge in [-0.05, 0) is 12.8 Å². The van der Waals surface area contributed by atoms with Crippen LogP contribution in [0.5, 0.6) is 0 Å². The summed E-state index contributed by atoms with van der Waals surface area (Å²) in [5, 5.41) is 13.1. The fourth-order valence-electron chi connectivity index (χ4n) is 2.51. The van der Waals surface area contributed by atoms with E-state index in [4.69, 9.17) is 10.5 Å². The van der Waals surface area contributed by atoms with E-state index >= 15 is 0 Å². The number of hydrogen-bond acceptors (Lipinski definition) is 6. The van der Waals surface area contributed by atoms with Crippen molar-refractivity contribution in [2.24, 2.45) is 11.7 Å². The zero-order valence-electron chi connectivity index (χ0n) is 11.8. The smallest absolute Gasteiger partial charge is 0.268 e. The second-order valence-corrected chi connectivity index (χ2v) is 6.16. The Hall–Kier alpha value is -1.18. The minimum absolute atomic E-state index is 0.118. The number of amides is 1. The van der Waals surface area contributed by atoms with E-state index in [-0.39, 0.29) is 5.92 Å². The lowest BCUT2D eigenvalue weighted by Crippen LogP contribution is -2.51. The third kappa shape index (κ3) is 3.11. The van der Waals surface area contributed by atoms with Crippen LogP contribution in [0.4, 0.5) is 5.13 Å². The maximum Gasteiger partial charge on any atom is 0.268 e. The number of aliphatic hydroxyl groups is 1. The number of methoxy groups -OCH3 is 1. The summed E-state index contributed by atoms with van der Waals surface area (Å²) in [5.41, 5.74) is 4.83. The maximum absolute atomic E-state index is 11.1. The van der Waals surface area contributed by atoms with Crippen LogP contribution < -0.4 is 10.6 Å². The first kappa shape index (κ1) is 15.2. The number of anilines is 1. The van der Waals surface area contributed by atoms with Crippen LogP contribution in [0.3, 0.4) is 0 Å². The van der Waals surface area contributed by atoms with Crippen molar-refractivity contribution in [3.63, 3.8) is 0 Å². The number of piperidine rings is 1. The van der Waals surface area contributed by atoms with Crippen molar-refractivity contribution in [2.75, 3.05) is 31.7 Å². The van der Waals surface area contributed by atoms with Gasteiger partial charge in [-0.2, -0.15) is 0 Å². The van der Waals surface area contributed by atoms with Crippen molar-refractivity contribution in [1.29, 1.82) is 0 Å². The number of carbonyl (C=O) groups is 1. The molecule has 1 aliphatic heterocycles. The Morgan fingerprint density at radius 1 is 1.75 bits per heavy atom. The number of hydrogen-bond donors (Lipinski definition) is 2. The van der Waals surface area contributed by atoms with E-state index in [0.717, 1.165) is 11.7 Å². The van der Waals surface area contributed by atoms with E-state index in [1.165, 1.54) is 11.3 Å². The fraction of sp³-hybridized carbons (Fsp3) is 0.692. The van der Waals surface area contributed by atoms with Crippen molar-refractivity contribution in [3.05, 3.63) is 11.1 Å². The first-order valence-electron chi connectivity index (χ1n) is 6.68. The second-order valence-electron chi connectivity index (χ2n) is 5.32. The van der Waals surface area contributed by atoms with Gasteiger partial charge in [0.2, 0.25) is 0 Å². The molecule has 0 unspecified atom stereocenters. The number of thiazole rings is 1. The Bertz CT molecular complexity index is 479. The molecule has 0 spiro atoms. The molecule has 0 radical (unpaired) electrons. The Kier molecular flexibility index (Phi) is 4.62. The summed E-state index contributed by atoms with van der Waals surface area (Å²) in [6.45, 7) is 4.02. The zero-order valence-corrected chi connectivity index (χ0v) is 12.7. The van der Waals surface area contributed by atoms with Crippen molar-refractivity contribution >= 4 is 22.4 Å². The molecule has 7 heteroatoms. The SMILES string of the molecule is COCC[C@]1(O)CCN(c2nc(C(N)=O)cs2)C[C@H]1C. The van der Waals surface area contributed by atoms with Crippen LogP contribution in [0.15, 0.2) is 5.38 Å². The van der Waals surface area contributed by atoms with Crippen LogP contribution in [0.1, 0.15) is 30.3 Å². The molecular formula is C13H21N3O3S. The van der Waals surface area contributed by atoms with E-state index in [0.29, 0.717) is 31.7 Å². The lowest BCUT2D eigenvalue weighted by Gasteiger charge is -2.43. The van der Waals surface area contributed by atoms with Gasteiger partial charge < -0.3 is 20.5 Å². The molecule has 0 saturated carbocycles. The standard InChI is InChI=1S/C13H21N3O3S/c1-9-7-16(5-3-13(9,18)4-6-19-2)12-15-10(8-20-12)11(14)17/h8-9,18H,3-7H2,1-2H3,(H2,14,17)/t9-,13-/m1/s1. The Morgan fingerprint density at radius 2 is 2.50 bits per heavy atom. The Morgan fingerprint density at radius 3 is 3.05 bits per heavy atom. The monoisotopic (exact) mass is 299 g/mol. The quantitative estimate of drug-likeness (QED) is 0.841. The molecule has 0 aliphatic carbocycles. The molecule has 20 heavy (non-hydrogen) atoms. The van der Waals surface area contributed by atoms with Crippen LogP contribution in [-0.2, 0) is 4.74 Å². The molecule has 2 atom stereocenters. The van der Waals surface area contributed by atoms with Gasteiger partial charge in [0.15, 0.2) is 5.13 Å². The Balaban J connectivity index is 2.02. The minimum Gasteiger partial charge on any atom is -0.389 e. The van der Waals surface area contributed by atoms with Gasteiger partial charge in [-0.3, -0.25) is 4.79 Å². The molecule has 1 saturated heterocycles. The van der Waals surface area contributed by atoms with Crippen LogP contribution >= 0.6 is 11.3 Å². The van der Waals surface area contributed by atoms with Gasteiger partial charge in [-0.1, -0.05) is 6.92 Å². The summed E-state index contributed by atoms with van der Waals surface area (Å²) >= 11 is 1.41. The number of nitrogens with two attached hydrogens (primary N) is 1. The molecule has 1 fully saturated rings. The highest BCUT2D eigenvalue weighted by molar-refractivity contribution is 7.13. The Labute approximate surface area is 122 Å². The minimum atomic E-state index is -0.684. The summed E-state index contributed by atoms with van der Waals surface area (Å²) in [6.07, 6.45) is 1.31. The van der Waals surface area contributed by atoms with Gasteiger partial charge in [-0.15, -0.1) is 11.3 Å². The third-order valence-electron chi connectivity index (χ3n) is 3.98. The first-order valence-corrected chi connectivity index (χ1v) is 7.56. The largest absolute Gasteiger partial charge is 0.389 e. The molecule has 2 rings (SSSR count). The average Bonchev–Trinajstić information content (AvgIpc) is 2.90. The molecule has 0 aromatic carbocycles. The van der Waals surface area contributed by atoms with Crippen LogP contribution in [0.25, 0.3) is 0 Å². The number of primary amides is 1. The van der Waals surface area contributed by atoms with E-state index in [1.54, 1.807) is 12.5 Å². The number of carbonyl (C=O) groups excluding carboxylic acids is 1. The molecule has 1 aromatic rings. The van der Waals surface area contributed by atoms with Gasteiger partial charge in [0.25, 0.3) is 5.91 Å². The molecular weight excluding hydrogens is 278 g/mol. The van der Waals surface area contributed by atoms with Crippen LogP contribution in [-0.4, -0.2) is 48.4 Å². The van der Waals surface area contributed by atoms with E-state index < -0.39 is 11.5 Å². The molecule has 1 aliphatic rings. The molecule has 0 bridgehead atoms. The van der Waals surface area contributed by atoms with Gasteiger partial charge in [0.1, 0.15) is 5.69 Å². The van der Waals surface area contributed by atoms with Crippen molar-refractivity contribution in [2.45, 2.75) is 25.4 Å². The summed E-state index contributed by atoms with van der Waals surface area (Å²) in [6, 6.07) is 0. The number of aromatic nitrogens is 1. The average molecular weight is 299 g/mol. The molecule has 3 N–H and O–H groups in total. The van der Waals surface area contributed by atoms with Gasteiger partial charge in [0.05, 0.1) is 5.60 Å². The topological polar surface area (TPSA) is 88.7 Å². The molecule has 2 heterocycles. The number of ether oxygens (including phenoxy) is 1. The van der Waals surface area contributed by atoms with Crippen LogP contribution in [0, 0.1) is 5.92 Å². The molecule has 6 nitrogen and oxygen atoms in total. The summed E-state index contributed by atoms with van der Waals surface area (Å²) < 4.78 is 5.06. The third-order valence-corrected chi connectivity index (χ3v) is 4.88. The predicted octanol–water partition coefficient (Wildman–Crippen LogP) is 0.856. The lowest BCUT2D eigenvalue weighted by atomic mass is 9.80. The van der Waals surface area contributed by atoms with Gasteiger partial charge >= 0.3 is 0 Å². The highest BCUT2D eigenvalue weighted by Gasteiger charge is 2.39. The van der Waals surface area contributed by atoms with E-state index in [2.05, 4.69) is 9.88 Å². The highest BCUT2D eigenvalue weighted by Crippen LogP contribution is 2.34. The first-order chi connectivity index (χ1) is 9.46. The predicted molar refractivity (Wildman–Crippen MR) is 78.1 cm³/mol. The van der Waals surface area contributed by atoms with Crippen LogP contribution in [0.2, 0.25) is 0 Å². The summed E-state index contributed by atoms with van der Waals surface area (Å²) in [4.78, 5) is 17.4. The maximum atomic E-state index is 11.1. The summed E-state index contributed by atoms with van der Waals surface area (Å²) in [7, 11) is 1.64. The number of rotatable bonds is 5. The summed E-state index contributed by atoms with van der Waals surface area (Å²) in [5.74, 6) is -0.388. The van der Waals surface area contributed by atoms with Gasteiger partial charge in [-0.25, -0.2) is 4.98 Å². The molecule has 112 valence electrons. The van der Waals surface area contributed by atoms with Crippen molar-refractivity contribution in [1.82, 2.24) is 4.98 Å². The number of nitrogens with zero attached hydrogens (tertiary/aromatic N) is 2. The highest BCUT2D eigenvalue weighted by atomic mass is 32.1. The van der Waals surface area contributed by atoms with Crippen molar-refractivity contribution < 1.29 is 14.6 Å². The molecule has 1 aromatic heterocycles. The van der Waals surface area contributed by atoms with E-state index in [9.17, 15) is 9.90 Å². The van der Waals surface area contributed by atoms with Crippen molar-refractivity contribution in [3.8, 4) is 0 Å². The van der Waals surface area contributed by atoms with E-state index in [1.807, 2.05) is 6.92 Å².